The van der Waals surface area contributed by atoms with Crippen LogP contribution in [0.4, 0.5) is 4.39 Å². The number of nitrogens with two attached hydrogens (primary N) is 1. The predicted octanol–water partition coefficient (Wildman–Crippen LogP) is 2.28. The van der Waals surface area contributed by atoms with E-state index in [0.717, 1.165) is 0 Å². The molecular weight excluding hydrogens is 228 g/mol. The molecule has 0 unspecified atom stereocenters. The second-order valence-electron chi connectivity index (χ2n) is 2.94. The van der Waals surface area contributed by atoms with Crippen LogP contribution in [0.25, 0.3) is 0 Å². The molecule has 0 spiro atoms. The van der Waals surface area contributed by atoms with E-state index in [0.29, 0.717) is 5.56 Å². The molecular formula is C9H12Cl2FNO. The van der Waals surface area contributed by atoms with E-state index in [2.05, 4.69) is 0 Å². The first kappa shape index (κ1) is 13.7. The van der Waals surface area contributed by atoms with Gasteiger partial charge in [-0.1, -0.05) is 17.7 Å². The highest BCUT2D eigenvalue weighted by atomic mass is 35.5. The third kappa shape index (κ3) is 3.10. The van der Waals surface area contributed by atoms with Gasteiger partial charge in [-0.05, 0) is 24.6 Å². The summed E-state index contributed by atoms with van der Waals surface area (Å²) in [7, 11) is 0. The van der Waals surface area contributed by atoms with Gasteiger partial charge in [0.05, 0.1) is 17.2 Å². The Balaban J connectivity index is 0.00000169. The Bertz CT molecular complexity index is 307. The third-order valence-corrected chi connectivity index (χ3v) is 2.14. The van der Waals surface area contributed by atoms with Gasteiger partial charge >= 0.3 is 0 Å². The Kier molecular flexibility index (Phi) is 5.37. The minimum Gasteiger partial charge on any atom is -0.391 e. The van der Waals surface area contributed by atoms with Gasteiger partial charge in [0.25, 0.3) is 0 Å². The highest BCUT2D eigenvalue weighted by molar-refractivity contribution is 6.30. The lowest BCUT2D eigenvalue weighted by Gasteiger charge is -2.15. The van der Waals surface area contributed by atoms with E-state index in [1.165, 1.54) is 18.2 Å². The van der Waals surface area contributed by atoms with Crippen LogP contribution in [0.5, 0.6) is 0 Å². The molecule has 0 aromatic heterocycles. The summed E-state index contributed by atoms with van der Waals surface area (Å²) in [5.41, 5.74) is 6.25. The maximum absolute atomic E-state index is 12.7. The van der Waals surface area contributed by atoms with Gasteiger partial charge in [0.15, 0.2) is 0 Å². The van der Waals surface area contributed by atoms with Crippen molar-refractivity contribution in [3.8, 4) is 0 Å². The molecule has 80 valence electrons. The first-order valence-corrected chi connectivity index (χ1v) is 4.28. The fourth-order valence-corrected chi connectivity index (χ4v) is 1.19. The molecule has 0 aliphatic rings. The van der Waals surface area contributed by atoms with Crippen molar-refractivity contribution in [2.24, 2.45) is 5.73 Å². The van der Waals surface area contributed by atoms with Crippen molar-refractivity contribution < 1.29 is 9.50 Å². The Morgan fingerprint density at radius 2 is 2.07 bits per heavy atom. The molecule has 0 amide bonds. The van der Waals surface area contributed by atoms with Crippen molar-refractivity contribution in [3.05, 3.63) is 34.6 Å². The summed E-state index contributed by atoms with van der Waals surface area (Å²) in [6.07, 6.45) is -0.679. The number of halogens is 3. The van der Waals surface area contributed by atoms with Crippen molar-refractivity contribution in [1.29, 1.82) is 0 Å². The molecule has 1 aromatic rings. The Morgan fingerprint density at radius 1 is 1.50 bits per heavy atom. The Hall–Kier alpha value is -0.350. The van der Waals surface area contributed by atoms with E-state index in [4.69, 9.17) is 17.3 Å². The van der Waals surface area contributed by atoms with Crippen LogP contribution in [0.3, 0.4) is 0 Å². The van der Waals surface area contributed by atoms with E-state index >= 15 is 0 Å². The normalized spacial score (nSPS) is 14.4. The van der Waals surface area contributed by atoms with Gasteiger partial charge in [0.1, 0.15) is 5.82 Å². The molecule has 14 heavy (non-hydrogen) atoms. The lowest BCUT2D eigenvalue weighted by atomic mass is 10.0. The minimum atomic E-state index is -0.679. The predicted molar refractivity (Wildman–Crippen MR) is 57.3 cm³/mol. The lowest BCUT2D eigenvalue weighted by molar-refractivity contribution is 0.164. The van der Waals surface area contributed by atoms with Crippen LogP contribution >= 0.6 is 24.0 Å². The molecule has 2 atom stereocenters. The Morgan fingerprint density at radius 3 is 2.50 bits per heavy atom. The van der Waals surface area contributed by atoms with Crippen LogP contribution < -0.4 is 5.73 Å². The molecule has 0 fully saturated rings. The zero-order chi connectivity index (χ0) is 10.0. The molecule has 0 aliphatic heterocycles. The second kappa shape index (κ2) is 5.51. The van der Waals surface area contributed by atoms with Gasteiger partial charge in [-0.2, -0.15) is 0 Å². The zero-order valence-electron chi connectivity index (χ0n) is 7.58. The first-order chi connectivity index (χ1) is 6.02. The smallest absolute Gasteiger partial charge is 0.141 e. The molecule has 1 aromatic carbocycles. The Labute approximate surface area is 93.3 Å². The van der Waals surface area contributed by atoms with Gasteiger partial charge in [-0.3, -0.25) is 0 Å². The van der Waals surface area contributed by atoms with E-state index < -0.39 is 18.0 Å². The summed E-state index contributed by atoms with van der Waals surface area (Å²) in [6.45, 7) is 1.57. The highest BCUT2D eigenvalue weighted by Crippen LogP contribution is 2.21. The molecule has 0 bridgehead atoms. The maximum atomic E-state index is 12.7. The van der Waals surface area contributed by atoms with Gasteiger partial charge in [-0.25, -0.2) is 4.39 Å². The standard InChI is InChI=1S/C9H11ClFNO.ClH/c1-5(13)9(12)6-2-3-8(11)7(10)4-6;/h2-5,9,13H,12H2,1H3;1H/t5-,9-;/m0./s1. The van der Waals surface area contributed by atoms with Crippen LogP contribution in [0.15, 0.2) is 18.2 Å². The number of hydrogen-bond acceptors (Lipinski definition) is 2. The summed E-state index contributed by atoms with van der Waals surface area (Å²) < 4.78 is 12.7. The molecule has 0 saturated heterocycles. The van der Waals surface area contributed by atoms with Crippen molar-refractivity contribution in [2.75, 3.05) is 0 Å². The number of benzene rings is 1. The van der Waals surface area contributed by atoms with Gasteiger partial charge < -0.3 is 10.8 Å². The van der Waals surface area contributed by atoms with E-state index in [1.54, 1.807) is 6.92 Å². The van der Waals surface area contributed by atoms with Crippen LogP contribution in [-0.2, 0) is 0 Å². The lowest BCUT2D eigenvalue weighted by Crippen LogP contribution is -2.23. The van der Waals surface area contributed by atoms with Crippen LogP contribution in [0.2, 0.25) is 5.02 Å². The number of hydrogen-bond donors (Lipinski definition) is 2. The van der Waals surface area contributed by atoms with Crippen molar-refractivity contribution in [2.45, 2.75) is 19.1 Å². The van der Waals surface area contributed by atoms with Crippen molar-refractivity contribution in [1.82, 2.24) is 0 Å². The molecule has 3 N–H and O–H groups in total. The fraction of sp³-hybridized carbons (Fsp3) is 0.333. The number of aliphatic hydroxyl groups is 1. The SMILES string of the molecule is C[C@H](O)[C@H](N)c1ccc(F)c(Cl)c1.Cl. The zero-order valence-corrected chi connectivity index (χ0v) is 9.15. The van der Waals surface area contributed by atoms with Gasteiger partial charge in [0.2, 0.25) is 0 Å². The van der Waals surface area contributed by atoms with E-state index in [9.17, 15) is 9.50 Å². The summed E-state index contributed by atoms with van der Waals surface area (Å²) in [5.74, 6) is -0.483. The molecule has 0 heterocycles. The third-order valence-electron chi connectivity index (χ3n) is 1.85. The van der Waals surface area contributed by atoms with Gasteiger partial charge in [0, 0.05) is 0 Å². The quantitative estimate of drug-likeness (QED) is 0.832. The first-order valence-electron chi connectivity index (χ1n) is 3.91. The van der Waals surface area contributed by atoms with Crippen LogP contribution in [0.1, 0.15) is 18.5 Å². The highest BCUT2D eigenvalue weighted by Gasteiger charge is 2.13. The van der Waals surface area contributed by atoms with E-state index in [-0.39, 0.29) is 17.4 Å². The topological polar surface area (TPSA) is 46.2 Å². The van der Waals surface area contributed by atoms with Crippen molar-refractivity contribution in [3.63, 3.8) is 0 Å². The van der Waals surface area contributed by atoms with E-state index in [1.807, 2.05) is 0 Å². The maximum Gasteiger partial charge on any atom is 0.141 e. The largest absolute Gasteiger partial charge is 0.391 e. The van der Waals surface area contributed by atoms with Crippen molar-refractivity contribution >= 4 is 24.0 Å². The molecule has 1 rings (SSSR count). The molecule has 0 aliphatic carbocycles. The summed E-state index contributed by atoms with van der Waals surface area (Å²) in [6, 6.07) is 3.64. The van der Waals surface area contributed by atoms with Crippen LogP contribution in [-0.4, -0.2) is 11.2 Å². The number of aliphatic hydroxyl groups excluding tert-OH is 1. The molecule has 2 nitrogen and oxygen atoms in total. The monoisotopic (exact) mass is 239 g/mol. The molecule has 0 saturated carbocycles. The summed E-state index contributed by atoms with van der Waals surface area (Å²) in [4.78, 5) is 0. The average Bonchev–Trinajstić information content (AvgIpc) is 2.08. The van der Waals surface area contributed by atoms with Gasteiger partial charge in [-0.15, -0.1) is 12.4 Å². The second-order valence-corrected chi connectivity index (χ2v) is 3.35. The minimum absolute atomic E-state index is 0. The number of rotatable bonds is 2. The summed E-state index contributed by atoms with van der Waals surface area (Å²) in [5, 5.41) is 9.19. The molecule has 0 radical (unpaired) electrons. The fourth-order valence-electron chi connectivity index (χ4n) is 0.998. The molecule has 5 heteroatoms. The van der Waals surface area contributed by atoms with Crippen LogP contribution in [0, 0.1) is 5.82 Å². The summed E-state index contributed by atoms with van der Waals surface area (Å²) >= 11 is 5.55. The average molecular weight is 240 g/mol.